The Morgan fingerprint density at radius 3 is 2.21 bits per heavy atom. The van der Waals surface area contributed by atoms with Crippen molar-refractivity contribution in [3.8, 4) is 11.8 Å². The lowest BCUT2D eigenvalue weighted by atomic mass is 10.1. The molecule has 3 aromatic carbocycles. The molecule has 38 heavy (non-hydrogen) atoms. The standard InChI is InChI=1S/C28H28FN5O4/c29-23-3-1-2-21(16-23)14-15-31-18-26(35)32-24-12-8-20(9-13-24)5-4-19-6-10-22(11-7-19)27(36)33-25(17-30)28(37)34-38/h1-3,6-13,16,25,31,38H,14-15,17-18,30H2,(H,32,35)(H,33,36)(H,34,37)/t25-/m0/s1. The summed E-state index contributed by atoms with van der Waals surface area (Å²) in [4.78, 5) is 35.9. The Morgan fingerprint density at radius 1 is 0.947 bits per heavy atom. The molecule has 0 spiro atoms. The summed E-state index contributed by atoms with van der Waals surface area (Å²) in [6.07, 6.45) is 0.617. The molecule has 0 aliphatic carbocycles. The van der Waals surface area contributed by atoms with Gasteiger partial charge in [0, 0.05) is 28.9 Å². The van der Waals surface area contributed by atoms with E-state index in [1.807, 2.05) is 6.07 Å². The molecule has 3 rings (SSSR count). The van der Waals surface area contributed by atoms with Crippen LogP contribution < -0.4 is 27.2 Å². The third kappa shape index (κ3) is 8.83. The Balaban J connectivity index is 1.46. The fraction of sp³-hybridized carbons (Fsp3) is 0.179. The molecule has 0 bridgehead atoms. The minimum atomic E-state index is -1.05. The van der Waals surface area contributed by atoms with Crippen LogP contribution in [0.5, 0.6) is 0 Å². The number of hydroxylamine groups is 1. The van der Waals surface area contributed by atoms with Gasteiger partial charge < -0.3 is 21.7 Å². The van der Waals surface area contributed by atoms with Crippen LogP contribution in [0.25, 0.3) is 0 Å². The topological polar surface area (TPSA) is 146 Å². The fourth-order valence-electron chi connectivity index (χ4n) is 3.37. The highest BCUT2D eigenvalue weighted by Gasteiger charge is 2.19. The van der Waals surface area contributed by atoms with Crippen LogP contribution in [0, 0.1) is 17.7 Å². The molecular weight excluding hydrogens is 489 g/mol. The number of nitrogens with two attached hydrogens (primary N) is 1. The highest BCUT2D eigenvalue weighted by molar-refractivity contribution is 5.97. The first-order valence-electron chi connectivity index (χ1n) is 11.8. The zero-order valence-electron chi connectivity index (χ0n) is 20.5. The zero-order chi connectivity index (χ0) is 27.3. The molecule has 0 fully saturated rings. The molecule has 1 atom stereocenters. The number of anilines is 1. The summed E-state index contributed by atoms with van der Waals surface area (Å²) in [6, 6.07) is 18.8. The lowest BCUT2D eigenvalue weighted by Crippen LogP contribution is -2.50. The first-order valence-corrected chi connectivity index (χ1v) is 11.8. The van der Waals surface area contributed by atoms with E-state index in [2.05, 4.69) is 27.8 Å². The summed E-state index contributed by atoms with van der Waals surface area (Å²) in [5.41, 5.74) is 10.1. The summed E-state index contributed by atoms with van der Waals surface area (Å²) in [5.74, 6) is 4.23. The van der Waals surface area contributed by atoms with Crippen molar-refractivity contribution in [2.24, 2.45) is 5.73 Å². The van der Waals surface area contributed by atoms with Crippen molar-refractivity contribution < 1.29 is 24.0 Å². The van der Waals surface area contributed by atoms with E-state index in [4.69, 9.17) is 10.9 Å². The van der Waals surface area contributed by atoms with E-state index in [0.29, 0.717) is 29.8 Å². The largest absolute Gasteiger partial charge is 0.339 e. The molecule has 0 heterocycles. The predicted molar refractivity (Wildman–Crippen MR) is 141 cm³/mol. The van der Waals surface area contributed by atoms with Crippen molar-refractivity contribution in [1.29, 1.82) is 0 Å². The van der Waals surface area contributed by atoms with E-state index in [9.17, 15) is 18.8 Å². The van der Waals surface area contributed by atoms with E-state index < -0.39 is 17.9 Å². The van der Waals surface area contributed by atoms with Gasteiger partial charge >= 0.3 is 0 Å². The minimum Gasteiger partial charge on any atom is -0.339 e. The molecule has 0 aromatic heterocycles. The molecule has 0 aliphatic heterocycles. The smallest absolute Gasteiger partial charge is 0.267 e. The highest BCUT2D eigenvalue weighted by atomic mass is 19.1. The van der Waals surface area contributed by atoms with Crippen molar-refractivity contribution in [3.05, 3.63) is 101 Å². The maximum absolute atomic E-state index is 13.2. The molecule has 3 amide bonds. The van der Waals surface area contributed by atoms with Gasteiger partial charge in [0.1, 0.15) is 11.9 Å². The highest BCUT2D eigenvalue weighted by Crippen LogP contribution is 2.10. The number of carbonyl (C=O) groups excluding carboxylic acids is 3. The number of hydrogen-bond acceptors (Lipinski definition) is 6. The van der Waals surface area contributed by atoms with Crippen molar-refractivity contribution in [2.75, 3.05) is 25.0 Å². The normalized spacial score (nSPS) is 11.0. The third-order valence-corrected chi connectivity index (χ3v) is 5.40. The Morgan fingerprint density at radius 2 is 1.61 bits per heavy atom. The summed E-state index contributed by atoms with van der Waals surface area (Å²) in [6.45, 7) is 0.512. The van der Waals surface area contributed by atoms with Gasteiger partial charge in [-0.15, -0.1) is 0 Å². The summed E-state index contributed by atoms with van der Waals surface area (Å²) >= 11 is 0. The molecule has 10 heteroatoms. The molecule has 0 saturated carbocycles. The van der Waals surface area contributed by atoms with Crippen LogP contribution >= 0.6 is 0 Å². The maximum atomic E-state index is 13.2. The number of hydrogen-bond donors (Lipinski definition) is 6. The van der Waals surface area contributed by atoms with Gasteiger partial charge in [0.15, 0.2) is 0 Å². The van der Waals surface area contributed by atoms with Crippen LogP contribution in [0.3, 0.4) is 0 Å². The van der Waals surface area contributed by atoms with Crippen LogP contribution in [-0.4, -0.2) is 48.6 Å². The second-order valence-electron chi connectivity index (χ2n) is 8.25. The quantitative estimate of drug-likeness (QED) is 0.104. The van der Waals surface area contributed by atoms with Crippen LogP contribution in [0.2, 0.25) is 0 Å². The second kappa shape index (κ2) is 14.2. The van der Waals surface area contributed by atoms with Gasteiger partial charge in [-0.2, -0.15) is 0 Å². The molecule has 0 radical (unpaired) electrons. The van der Waals surface area contributed by atoms with Crippen molar-refractivity contribution in [1.82, 2.24) is 16.1 Å². The van der Waals surface area contributed by atoms with E-state index >= 15 is 0 Å². The van der Waals surface area contributed by atoms with Crippen molar-refractivity contribution in [2.45, 2.75) is 12.5 Å². The third-order valence-electron chi connectivity index (χ3n) is 5.40. The molecule has 9 nitrogen and oxygen atoms in total. The van der Waals surface area contributed by atoms with E-state index in [1.54, 1.807) is 54.6 Å². The average molecular weight is 518 g/mol. The molecule has 0 saturated heterocycles. The predicted octanol–water partition coefficient (Wildman–Crippen LogP) is 1.56. The number of rotatable bonds is 10. The van der Waals surface area contributed by atoms with Crippen LogP contribution in [0.15, 0.2) is 72.8 Å². The van der Waals surface area contributed by atoms with E-state index in [0.717, 1.165) is 11.1 Å². The number of nitrogens with one attached hydrogen (secondary N) is 4. The Bertz CT molecular complexity index is 1320. The molecule has 3 aromatic rings. The second-order valence-corrected chi connectivity index (χ2v) is 8.25. The lowest BCUT2D eigenvalue weighted by Gasteiger charge is -2.14. The van der Waals surface area contributed by atoms with Crippen LogP contribution in [0.4, 0.5) is 10.1 Å². The van der Waals surface area contributed by atoms with Gasteiger partial charge in [-0.25, -0.2) is 9.87 Å². The van der Waals surface area contributed by atoms with Crippen LogP contribution in [0.1, 0.15) is 27.0 Å². The summed E-state index contributed by atoms with van der Waals surface area (Å²) in [5, 5.41) is 17.0. The van der Waals surface area contributed by atoms with Gasteiger partial charge in [-0.1, -0.05) is 24.0 Å². The molecule has 7 N–H and O–H groups in total. The first-order chi connectivity index (χ1) is 18.4. The lowest BCUT2D eigenvalue weighted by molar-refractivity contribution is -0.130. The van der Waals surface area contributed by atoms with Gasteiger partial charge in [0.05, 0.1) is 6.54 Å². The molecule has 0 unspecified atom stereocenters. The SMILES string of the molecule is NC[C@H](NC(=O)c1ccc(C#Cc2ccc(NC(=O)CNCCc3cccc(F)c3)cc2)cc1)C(=O)NO. The van der Waals surface area contributed by atoms with Crippen molar-refractivity contribution in [3.63, 3.8) is 0 Å². The van der Waals surface area contributed by atoms with E-state index in [-0.39, 0.29) is 24.8 Å². The summed E-state index contributed by atoms with van der Waals surface area (Å²) in [7, 11) is 0. The number of halogens is 1. The van der Waals surface area contributed by atoms with Gasteiger partial charge in [0.2, 0.25) is 5.91 Å². The van der Waals surface area contributed by atoms with Gasteiger partial charge in [0.25, 0.3) is 11.8 Å². The van der Waals surface area contributed by atoms with E-state index in [1.165, 1.54) is 17.6 Å². The first kappa shape index (κ1) is 28.0. The molecule has 196 valence electrons. The summed E-state index contributed by atoms with van der Waals surface area (Å²) < 4.78 is 13.2. The number of amides is 3. The van der Waals surface area contributed by atoms with Crippen LogP contribution in [-0.2, 0) is 16.0 Å². The molecule has 0 aliphatic rings. The van der Waals surface area contributed by atoms with Gasteiger partial charge in [-0.05, 0) is 79.2 Å². The Labute approximate surface area is 219 Å². The monoisotopic (exact) mass is 517 g/mol. The zero-order valence-corrected chi connectivity index (χ0v) is 20.5. The van der Waals surface area contributed by atoms with Gasteiger partial charge in [-0.3, -0.25) is 19.6 Å². The maximum Gasteiger partial charge on any atom is 0.267 e. The minimum absolute atomic E-state index is 0.131. The number of benzene rings is 3. The molecular formula is C28H28FN5O4. The average Bonchev–Trinajstić information content (AvgIpc) is 2.93. The Hall–Kier alpha value is -4.56. The van der Waals surface area contributed by atoms with Crippen molar-refractivity contribution >= 4 is 23.4 Å². The fourth-order valence-corrected chi connectivity index (χ4v) is 3.37. The Kier molecular flexibility index (Phi) is 10.5. The number of carbonyl (C=O) groups is 3.